The van der Waals surface area contributed by atoms with Crippen molar-refractivity contribution >= 4 is 11.5 Å². The van der Waals surface area contributed by atoms with E-state index in [0.717, 1.165) is 23.8 Å². The zero-order valence-corrected chi connectivity index (χ0v) is 13.1. The molecule has 4 nitrogen and oxygen atoms in total. The minimum atomic E-state index is 0.322. The number of nitrogens with one attached hydrogen (secondary N) is 1. The van der Waals surface area contributed by atoms with Crippen LogP contribution in [0.3, 0.4) is 0 Å². The quantitative estimate of drug-likeness (QED) is 0.881. The Balaban J connectivity index is 2.13. The Kier molecular flexibility index (Phi) is 5.17. The fourth-order valence-electron chi connectivity index (χ4n) is 2.21. The summed E-state index contributed by atoms with van der Waals surface area (Å²) in [7, 11) is 3.68. The molecule has 1 unspecified atom stereocenters. The highest BCUT2D eigenvalue weighted by Crippen LogP contribution is 2.24. The average molecular weight is 285 g/mol. The van der Waals surface area contributed by atoms with Gasteiger partial charge in [0.15, 0.2) is 0 Å². The zero-order valence-electron chi connectivity index (χ0n) is 13.1. The molecular weight excluding hydrogens is 262 g/mol. The monoisotopic (exact) mass is 285 g/mol. The van der Waals surface area contributed by atoms with E-state index < -0.39 is 0 Å². The van der Waals surface area contributed by atoms with Gasteiger partial charge < -0.3 is 15.0 Å². The van der Waals surface area contributed by atoms with Crippen LogP contribution in [0.15, 0.2) is 42.6 Å². The summed E-state index contributed by atoms with van der Waals surface area (Å²) in [5, 5.41) is 3.39. The zero-order chi connectivity index (χ0) is 15.2. The van der Waals surface area contributed by atoms with Gasteiger partial charge in [-0.3, -0.25) is 0 Å². The summed E-state index contributed by atoms with van der Waals surface area (Å²) in [6.45, 7) is 5.21. The minimum Gasteiger partial charge on any atom is -0.497 e. The van der Waals surface area contributed by atoms with Crippen LogP contribution in [-0.4, -0.2) is 25.7 Å². The van der Waals surface area contributed by atoms with E-state index in [-0.39, 0.29) is 0 Å². The van der Waals surface area contributed by atoms with E-state index in [2.05, 4.69) is 35.1 Å². The summed E-state index contributed by atoms with van der Waals surface area (Å²) in [4.78, 5) is 6.61. The van der Waals surface area contributed by atoms with E-state index in [1.165, 1.54) is 5.56 Å². The summed E-state index contributed by atoms with van der Waals surface area (Å²) in [5.41, 5.74) is 2.28. The molecule has 4 heteroatoms. The van der Waals surface area contributed by atoms with Crippen molar-refractivity contribution in [2.24, 2.45) is 0 Å². The highest BCUT2D eigenvalue weighted by molar-refractivity contribution is 5.60. The Morgan fingerprint density at radius 2 is 1.90 bits per heavy atom. The Bertz CT molecular complexity index is 551. The van der Waals surface area contributed by atoms with Gasteiger partial charge in [-0.25, -0.2) is 4.98 Å². The van der Waals surface area contributed by atoms with Crippen LogP contribution >= 0.6 is 0 Å². The lowest BCUT2D eigenvalue weighted by Crippen LogP contribution is -2.18. The van der Waals surface area contributed by atoms with Crippen LogP contribution in [0, 0.1) is 0 Å². The molecule has 1 aromatic carbocycles. The predicted molar refractivity (Wildman–Crippen MR) is 87.4 cm³/mol. The molecule has 0 radical (unpaired) electrons. The van der Waals surface area contributed by atoms with Gasteiger partial charge in [0, 0.05) is 25.0 Å². The number of rotatable bonds is 6. The number of aromatic nitrogens is 1. The van der Waals surface area contributed by atoms with Crippen LogP contribution < -0.4 is 15.0 Å². The molecule has 0 spiro atoms. The number of anilines is 2. The van der Waals surface area contributed by atoms with Crippen LogP contribution in [0.1, 0.15) is 25.5 Å². The van der Waals surface area contributed by atoms with E-state index in [4.69, 9.17) is 4.74 Å². The number of ether oxygens (including phenoxy) is 1. The molecule has 1 heterocycles. The SMILES string of the molecule is CCNC(C)c1ccc(N(C)c2ccc(OC)cc2)nc1. The second-order valence-electron chi connectivity index (χ2n) is 4.99. The van der Waals surface area contributed by atoms with Crippen LogP contribution in [0.2, 0.25) is 0 Å². The third-order valence-corrected chi connectivity index (χ3v) is 3.58. The molecule has 2 rings (SSSR count). The predicted octanol–water partition coefficient (Wildman–Crippen LogP) is 3.53. The van der Waals surface area contributed by atoms with Gasteiger partial charge in [-0.1, -0.05) is 13.0 Å². The highest BCUT2D eigenvalue weighted by Gasteiger charge is 2.08. The molecule has 112 valence electrons. The van der Waals surface area contributed by atoms with Gasteiger partial charge in [0.25, 0.3) is 0 Å². The maximum Gasteiger partial charge on any atom is 0.132 e. The van der Waals surface area contributed by atoms with Gasteiger partial charge in [0.1, 0.15) is 11.6 Å². The number of hydrogen-bond donors (Lipinski definition) is 1. The number of benzene rings is 1. The summed E-state index contributed by atoms with van der Waals surface area (Å²) < 4.78 is 5.18. The van der Waals surface area contributed by atoms with Gasteiger partial charge in [0.2, 0.25) is 0 Å². The van der Waals surface area contributed by atoms with Gasteiger partial charge in [0.05, 0.1) is 7.11 Å². The first-order valence-electron chi connectivity index (χ1n) is 7.22. The van der Waals surface area contributed by atoms with E-state index >= 15 is 0 Å². The van der Waals surface area contributed by atoms with E-state index in [0.29, 0.717) is 6.04 Å². The molecule has 0 saturated carbocycles. The molecular formula is C17H23N3O. The highest BCUT2D eigenvalue weighted by atomic mass is 16.5. The molecule has 1 aromatic heterocycles. The van der Waals surface area contributed by atoms with Gasteiger partial charge in [-0.2, -0.15) is 0 Å². The smallest absolute Gasteiger partial charge is 0.132 e. The third kappa shape index (κ3) is 3.73. The molecule has 0 bridgehead atoms. The van der Waals surface area contributed by atoms with Crippen molar-refractivity contribution in [2.75, 3.05) is 25.6 Å². The first kappa shape index (κ1) is 15.3. The first-order valence-corrected chi connectivity index (χ1v) is 7.22. The largest absolute Gasteiger partial charge is 0.497 e. The summed E-state index contributed by atoms with van der Waals surface area (Å²) in [5.74, 6) is 1.78. The first-order chi connectivity index (χ1) is 10.2. The van der Waals surface area contributed by atoms with Crippen molar-refractivity contribution in [2.45, 2.75) is 19.9 Å². The Morgan fingerprint density at radius 1 is 1.19 bits per heavy atom. The normalized spacial score (nSPS) is 12.0. The van der Waals surface area contributed by atoms with Crippen molar-refractivity contribution in [3.63, 3.8) is 0 Å². The molecule has 0 aliphatic heterocycles. The molecule has 1 N–H and O–H groups in total. The third-order valence-electron chi connectivity index (χ3n) is 3.58. The molecule has 0 saturated heterocycles. The van der Waals surface area contributed by atoms with Crippen molar-refractivity contribution in [3.8, 4) is 5.75 Å². The van der Waals surface area contributed by atoms with E-state index in [1.807, 2.05) is 43.6 Å². The second kappa shape index (κ2) is 7.09. The van der Waals surface area contributed by atoms with Crippen molar-refractivity contribution in [3.05, 3.63) is 48.2 Å². The number of pyridine rings is 1. The van der Waals surface area contributed by atoms with Crippen LogP contribution in [0.25, 0.3) is 0 Å². The fraction of sp³-hybridized carbons (Fsp3) is 0.353. The Morgan fingerprint density at radius 3 is 2.43 bits per heavy atom. The van der Waals surface area contributed by atoms with E-state index in [9.17, 15) is 0 Å². The van der Waals surface area contributed by atoms with Gasteiger partial charge in [-0.05, 0) is 49.4 Å². The van der Waals surface area contributed by atoms with Crippen molar-refractivity contribution in [1.82, 2.24) is 10.3 Å². The van der Waals surface area contributed by atoms with Crippen molar-refractivity contribution in [1.29, 1.82) is 0 Å². The molecule has 2 aromatic rings. The Labute approximate surface area is 126 Å². The fourth-order valence-corrected chi connectivity index (χ4v) is 2.21. The molecule has 0 amide bonds. The lowest BCUT2D eigenvalue weighted by molar-refractivity contribution is 0.415. The lowest BCUT2D eigenvalue weighted by atomic mass is 10.1. The summed E-state index contributed by atoms with van der Waals surface area (Å²) in [6, 6.07) is 12.4. The van der Waals surface area contributed by atoms with Crippen LogP contribution in [-0.2, 0) is 0 Å². The number of hydrogen-bond acceptors (Lipinski definition) is 4. The second-order valence-corrected chi connectivity index (χ2v) is 4.99. The Hall–Kier alpha value is -2.07. The maximum atomic E-state index is 5.18. The molecule has 0 fully saturated rings. The lowest BCUT2D eigenvalue weighted by Gasteiger charge is -2.20. The summed E-state index contributed by atoms with van der Waals surface area (Å²) in [6.07, 6.45) is 1.93. The average Bonchev–Trinajstić information content (AvgIpc) is 2.54. The van der Waals surface area contributed by atoms with Gasteiger partial charge in [-0.15, -0.1) is 0 Å². The van der Waals surface area contributed by atoms with Gasteiger partial charge >= 0.3 is 0 Å². The topological polar surface area (TPSA) is 37.4 Å². The summed E-state index contributed by atoms with van der Waals surface area (Å²) >= 11 is 0. The van der Waals surface area contributed by atoms with Crippen molar-refractivity contribution < 1.29 is 4.74 Å². The van der Waals surface area contributed by atoms with Crippen LogP contribution in [0.4, 0.5) is 11.5 Å². The number of methoxy groups -OCH3 is 1. The molecule has 0 aliphatic rings. The minimum absolute atomic E-state index is 0.322. The standard InChI is InChI=1S/C17H23N3O/c1-5-18-13(2)14-6-11-17(19-12-14)20(3)15-7-9-16(21-4)10-8-15/h6-13,18H,5H2,1-4H3. The number of nitrogens with zero attached hydrogens (tertiary/aromatic N) is 2. The molecule has 0 aliphatic carbocycles. The maximum absolute atomic E-state index is 5.18. The molecule has 1 atom stereocenters. The van der Waals surface area contributed by atoms with Crippen LogP contribution in [0.5, 0.6) is 5.75 Å². The molecule has 21 heavy (non-hydrogen) atoms. The van der Waals surface area contributed by atoms with E-state index in [1.54, 1.807) is 7.11 Å².